The molecule has 0 N–H and O–H groups in total. The fourth-order valence-electron chi connectivity index (χ4n) is 2.74. The summed E-state index contributed by atoms with van der Waals surface area (Å²) >= 11 is 0. The van der Waals surface area contributed by atoms with Gasteiger partial charge in [-0.05, 0) is 12.5 Å². The maximum atomic E-state index is 11.9. The molecule has 3 rings (SSSR count). The van der Waals surface area contributed by atoms with Crippen LogP contribution in [0, 0.1) is 0 Å². The largest absolute Gasteiger partial charge is 0.353 e. The topological polar surface area (TPSA) is 29.5 Å². The molecule has 84 valence electrons. The lowest BCUT2D eigenvalue weighted by atomic mass is 10.1. The first kappa shape index (κ1) is 9.85. The molecule has 3 heteroatoms. The molecule has 1 aromatic carbocycles. The summed E-state index contributed by atoms with van der Waals surface area (Å²) in [6, 6.07) is 10.2. The summed E-state index contributed by atoms with van der Waals surface area (Å²) < 4.78 is 5.81. The van der Waals surface area contributed by atoms with Crippen LogP contribution in [0.4, 0.5) is 0 Å². The van der Waals surface area contributed by atoms with E-state index >= 15 is 0 Å². The number of benzene rings is 1. The van der Waals surface area contributed by atoms with Crippen LogP contribution < -0.4 is 0 Å². The highest BCUT2D eigenvalue weighted by Crippen LogP contribution is 2.44. The molecule has 0 radical (unpaired) electrons. The molecule has 2 unspecified atom stereocenters. The highest BCUT2D eigenvalue weighted by molar-refractivity contribution is 5.80. The molecule has 2 aliphatic rings. The van der Waals surface area contributed by atoms with Gasteiger partial charge in [-0.1, -0.05) is 30.3 Å². The third kappa shape index (κ3) is 1.28. The van der Waals surface area contributed by atoms with Crippen molar-refractivity contribution in [2.24, 2.45) is 0 Å². The average Bonchev–Trinajstić information content (AvgIpc) is 2.78. The molecule has 2 saturated heterocycles. The van der Waals surface area contributed by atoms with Crippen LogP contribution in [-0.2, 0) is 9.53 Å². The van der Waals surface area contributed by atoms with E-state index in [1.54, 1.807) is 0 Å². The van der Waals surface area contributed by atoms with E-state index in [1.165, 1.54) is 5.56 Å². The van der Waals surface area contributed by atoms with Gasteiger partial charge in [0.15, 0.2) is 0 Å². The molecule has 2 heterocycles. The van der Waals surface area contributed by atoms with E-state index in [4.69, 9.17) is 4.74 Å². The summed E-state index contributed by atoms with van der Waals surface area (Å²) in [5.74, 6) is 0.217. The predicted molar refractivity (Wildman–Crippen MR) is 59.6 cm³/mol. The van der Waals surface area contributed by atoms with Crippen molar-refractivity contribution in [3.8, 4) is 0 Å². The van der Waals surface area contributed by atoms with Gasteiger partial charge in [-0.3, -0.25) is 4.79 Å². The number of carbonyl (C=O) groups excluding carboxylic acids is 1. The molecule has 1 amide bonds. The van der Waals surface area contributed by atoms with Gasteiger partial charge in [0.25, 0.3) is 0 Å². The fourth-order valence-corrected chi connectivity index (χ4v) is 2.74. The van der Waals surface area contributed by atoms with E-state index in [9.17, 15) is 4.79 Å². The van der Waals surface area contributed by atoms with Crippen molar-refractivity contribution >= 4 is 5.91 Å². The quantitative estimate of drug-likeness (QED) is 0.721. The van der Waals surface area contributed by atoms with Crippen LogP contribution in [0.1, 0.15) is 31.4 Å². The van der Waals surface area contributed by atoms with Crippen LogP contribution in [0.2, 0.25) is 0 Å². The Morgan fingerprint density at radius 1 is 1.38 bits per heavy atom. The monoisotopic (exact) mass is 217 g/mol. The Morgan fingerprint density at radius 3 is 2.88 bits per heavy atom. The van der Waals surface area contributed by atoms with Gasteiger partial charge >= 0.3 is 0 Å². The summed E-state index contributed by atoms with van der Waals surface area (Å²) in [5, 5.41) is 0. The highest BCUT2D eigenvalue weighted by Gasteiger charge is 2.51. The Kier molecular flexibility index (Phi) is 2.04. The van der Waals surface area contributed by atoms with Crippen molar-refractivity contribution in [1.82, 2.24) is 4.90 Å². The van der Waals surface area contributed by atoms with Gasteiger partial charge in [0.1, 0.15) is 5.72 Å². The van der Waals surface area contributed by atoms with E-state index < -0.39 is 0 Å². The number of nitrogens with zero attached hydrogens (tertiary/aromatic N) is 1. The summed E-state index contributed by atoms with van der Waals surface area (Å²) in [7, 11) is 0. The first-order valence-electron chi connectivity index (χ1n) is 5.72. The smallest absolute Gasteiger partial charge is 0.225 e. The second-order valence-corrected chi connectivity index (χ2v) is 4.68. The number of ether oxygens (including phenoxy) is 1. The van der Waals surface area contributed by atoms with Crippen molar-refractivity contribution in [3.63, 3.8) is 0 Å². The molecule has 0 bridgehead atoms. The zero-order valence-corrected chi connectivity index (χ0v) is 9.35. The van der Waals surface area contributed by atoms with E-state index in [0.717, 1.165) is 6.42 Å². The Morgan fingerprint density at radius 2 is 2.12 bits per heavy atom. The van der Waals surface area contributed by atoms with Crippen LogP contribution in [0.3, 0.4) is 0 Å². The zero-order valence-electron chi connectivity index (χ0n) is 9.35. The highest BCUT2D eigenvalue weighted by atomic mass is 16.5. The minimum Gasteiger partial charge on any atom is -0.353 e. The van der Waals surface area contributed by atoms with Crippen molar-refractivity contribution in [2.45, 2.75) is 31.5 Å². The minimum atomic E-state index is -0.364. The van der Waals surface area contributed by atoms with Crippen LogP contribution in [-0.4, -0.2) is 23.1 Å². The van der Waals surface area contributed by atoms with E-state index in [1.807, 2.05) is 30.0 Å². The number of amides is 1. The molecule has 3 nitrogen and oxygen atoms in total. The van der Waals surface area contributed by atoms with Crippen LogP contribution in [0.15, 0.2) is 30.3 Å². The molecule has 1 aromatic rings. The van der Waals surface area contributed by atoms with Gasteiger partial charge in [0.05, 0.1) is 12.6 Å². The molecule has 16 heavy (non-hydrogen) atoms. The Bertz CT molecular complexity index is 417. The third-order valence-corrected chi connectivity index (χ3v) is 3.63. The molecule has 2 fully saturated rings. The van der Waals surface area contributed by atoms with Crippen LogP contribution >= 0.6 is 0 Å². The van der Waals surface area contributed by atoms with Gasteiger partial charge in [-0.25, -0.2) is 0 Å². The Balaban J connectivity index is 1.97. The summed E-state index contributed by atoms with van der Waals surface area (Å²) in [5.41, 5.74) is 0.805. The first-order chi connectivity index (χ1) is 7.71. The summed E-state index contributed by atoms with van der Waals surface area (Å²) in [6.45, 7) is 2.63. The third-order valence-electron chi connectivity index (χ3n) is 3.63. The number of hydrogen-bond donors (Lipinski definition) is 0. The van der Waals surface area contributed by atoms with Gasteiger partial charge in [0, 0.05) is 12.8 Å². The van der Waals surface area contributed by atoms with Crippen molar-refractivity contribution in [2.75, 3.05) is 6.61 Å². The van der Waals surface area contributed by atoms with Crippen molar-refractivity contribution < 1.29 is 9.53 Å². The van der Waals surface area contributed by atoms with Gasteiger partial charge < -0.3 is 9.64 Å². The molecule has 2 atom stereocenters. The zero-order chi connectivity index (χ0) is 11.2. The SMILES string of the molecule is CC12CCC(=O)N1C(c1ccccc1)CO2. The van der Waals surface area contributed by atoms with Crippen molar-refractivity contribution in [3.05, 3.63) is 35.9 Å². The summed E-state index contributed by atoms with van der Waals surface area (Å²) in [4.78, 5) is 13.8. The first-order valence-corrected chi connectivity index (χ1v) is 5.72. The lowest BCUT2D eigenvalue weighted by Crippen LogP contribution is -2.39. The molecule has 0 saturated carbocycles. The van der Waals surface area contributed by atoms with E-state index in [2.05, 4.69) is 12.1 Å². The minimum absolute atomic E-state index is 0.0983. The average molecular weight is 217 g/mol. The standard InChI is InChI=1S/C13H15NO2/c1-13-8-7-12(15)14(13)11(9-16-13)10-5-3-2-4-6-10/h2-6,11H,7-9H2,1H3. The van der Waals surface area contributed by atoms with Crippen molar-refractivity contribution in [1.29, 1.82) is 0 Å². The van der Waals surface area contributed by atoms with Gasteiger partial charge in [-0.15, -0.1) is 0 Å². The number of hydrogen-bond acceptors (Lipinski definition) is 2. The Labute approximate surface area is 95.0 Å². The lowest BCUT2D eigenvalue weighted by molar-refractivity contribution is -0.136. The molecule has 2 aliphatic heterocycles. The molecule has 0 spiro atoms. The Hall–Kier alpha value is -1.35. The lowest BCUT2D eigenvalue weighted by Gasteiger charge is -2.29. The number of rotatable bonds is 1. The fraction of sp³-hybridized carbons (Fsp3) is 0.462. The number of fused-ring (bicyclic) bond motifs is 1. The maximum Gasteiger partial charge on any atom is 0.225 e. The van der Waals surface area contributed by atoms with Gasteiger partial charge in [0.2, 0.25) is 5.91 Å². The molecular weight excluding hydrogens is 202 g/mol. The van der Waals surface area contributed by atoms with E-state index in [0.29, 0.717) is 13.0 Å². The second-order valence-electron chi connectivity index (χ2n) is 4.68. The molecule has 0 aromatic heterocycles. The normalized spacial score (nSPS) is 33.2. The maximum absolute atomic E-state index is 11.9. The second kappa shape index (κ2) is 3.32. The number of carbonyl (C=O) groups is 1. The molecule has 0 aliphatic carbocycles. The van der Waals surface area contributed by atoms with E-state index in [-0.39, 0.29) is 17.7 Å². The van der Waals surface area contributed by atoms with Crippen LogP contribution in [0.5, 0.6) is 0 Å². The summed E-state index contributed by atoms with van der Waals surface area (Å²) in [6.07, 6.45) is 1.43. The van der Waals surface area contributed by atoms with Gasteiger partial charge in [-0.2, -0.15) is 0 Å². The molecular formula is C13H15NO2. The van der Waals surface area contributed by atoms with Crippen LogP contribution in [0.25, 0.3) is 0 Å². The predicted octanol–water partition coefficient (Wildman–Crippen LogP) is 2.10.